The quantitative estimate of drug-likeness (QED) is 0.593. The van der Waals surface area contributed by atoms with E-state index in [4.69, 9.17) is 60.3 Å². The molecule has 11 heavy (non-hydrogen) atoms. The lowest BCUT2D eigenvalue weighted by molar-refractivity contribution is 0.823. The van der Waals surface area contributed by atoms with Crippen LogP contribution >= 0.6 is 60.3 Å². The first-order valence-electron chi connectivity index (χ1n) is 1.31. The van der Waals surface area contributed by atoms with E-state index in [0.29, 0.717) is 0 Å². The Hall–Kier alpha value is 2.68. The Morgan fingerprint density at radius 2 is 0.455 bits per heavy atom. The highest BCUT2D eigenvalue weighted by atomic mass is 35.8. The van der Waals surface area contributed by atoms with Crippen LogP contribution in [0.2, 0.25) is 0 Å². The van der Waals surface area contributed by atoms with Gasteiger partial charge < -0.3 is 16.4 Å². The Kier molecular flexibility index (Phi) is 60.9. The molecule has 0 unspecified atom stereocenters. The summed E-state index contributed by atoms with van der Waals surface area (Å²) in [5, 5.41) is 0. The van der Waals surface area contributed by atoms with Crippen molar-refractivity contribution in [3.63, 3.8) is 0 Å². The number of hydrogen-bond acceptors (Lipinski definition) is 0. The third kappa shape index (κ3) is 201. The van der Waals surface area contributed by atoms with E-state index in [1.807, 2.05) is 0 Å². The lowest BCUT2D eigenvalue weighted by atomic mass is 16.0. The Balaban J connectivity index is -0.0000000171. The minimum absolute atomic E-state index is 0. The van der Waals surface area contributed by atoms with Crippen LogP contribution in [0.1, 0.15) is 0 Å². The van der Waals surface area contributed by atoms with Crippen LogP contribution in [0.3, 0.4) is 0 Å². The van der Waals surface area contributed by atoms with E-state index in [-0.39, 0.29) is 16.4 Å². The fourth-order valence-electron chi connectivity index (χ4n) is 0. The van der Waals surface area contributed by atoms with Crippen molar-refractivity contribution >= 4 is 83.1 Å². The maximum atomic E-state index is 4.94. The second-order valence-electron chi connectivity index (χ2n) is 0.495. The number of hydrogen-bond donors (Lipinski definition) is 0. The average Bonchev–Trinajstić information content (AvgIpc) is 1.25. The molecule has 0 spiro atoms. The van der Waals surface area contributed by atoms with Gasteiger partial charge in [0.1, 0.15) is 0 Å². The highest BCUT2D eigenvalue weighted by molar-refractivity contribution is 7.54. The summed E-state index contributed by atoms with van der Waals surface area (Å²) in [6, 6.07) is 0. The molecule has 0 amide bonds. The molecule has 0 bridgehead atoms. The summed E-state index contributed by atoms with van der Waals surface area (Å²) in [5.41, 5.74) is 0. The minimum atomic E-state index is -1.72. The van der Waals surface area contributed by atoms with Crippen LogP contribution in [0.15, 0.2) is 0 Å². The molecule has 0 aliphatic carbocycles. The molecule has 6 N–H and O–H groups in total. The molecule has 0 heterocycles. The number of halogens is 6. The van der Waals surface area contributed by atoms with Crippen LogP contribution in [0.25, 0.3) is 0 Å². The van der Waals surface area contributed by atoms with Gasteiger partial charge in [-0.15, -0.1) is 0 Å². The molecule has 0 aromatic rings. The Morgan fingerprint density at radius 3 is 0.455 bits per heavy atom. The van der Waals surface area contributed by atoms with Crippen molar-refractivity contribution in [1.29, 1.82) is 0 Å². The third-order valence-electron chi connectivity index (χ3n) is 0. The molecule has 3 nitrogen and oxygen atoms in total. The monoisotopic (exact) mass is 318 g/mol. The molecule has 72 valence electrons. The Bertz CT molecular complexity index is 31.3. The summed E-state index contributed by atoms with van der Waals surface area (Å²) in [5.74, 6) is 0. The maximum Gasteiger partial charge on any atom is 0.643 e. The molecule has 0 atom stereocenters. The fraction of sp³-hybridized carbons (Fsp3) is 0. The van der Waals surface area contributed by atoms with E-state index in [1.54, 1.807) is 0 Å². The van der Waals surface area contributed by atoms with Crippen LogP contribution in [-0.2, 0) is 0 Å². The summed E-state index contributed by atoms with van der Waals surface area (Å²) in [6.07, 6.45) is 0. The van der Waals surface area contributed by atoms with E-state index in [9.17, 15) is 0 Å². The van der Waals surface area contributed by atoms with Crippen molar-refractivity contribution in [2.75, 3.05) is 0 Å². The normalized spacial score (nSPS) is 4.91. The molecule has 0 saturated carbocycles. The summed E-state index contributed by atoms with van der Waals surface area (Å²) < 4.78 is 0. The van der Waals surface area contributed by atoms with Gasteiger partial charge in [-0.05, 0) is 0 Å². The van der Waals surface area contributed by atoms with Crippen molar-refractivity contribution < 1.29 is 16.4 Å². The lowest BCUT2D eigenvalue weighted by Crippen LogP contribution is -1.66. The molecule has 0 fully saturated rings. The van der Waals surface area contributed by atoms with Gasteiger partial charge in [0.05, 0.1) is 0 Å². The molecular weight excluding hydrogens is 315 g/mol. The molecular formula is H6Al2Cl6O3. The first-order chi connectivity index (χ1) is 3.46. The Morgan fingerprint density at radius 1 is 0.455 bits per heavy atom. The maximum absolute atomic E-state index is 4.94. The van der Waals surface area contributed by atoms with Gasteiger partial charge in [-0.3, -0.25) is 0 Å². The van der Waals surface area contributed by atoms with Crippen molar-refractivity contribution in [3.8, 4) is 0 Å². The minimum Gasteiger partial charge on any atom is -0.412 e. The van der Waals surface area contributed by atoms with Gasteiger partial charge in [0.15, 0.2) is 0 Å². The SMILES string of the molecule is O.O.O.[Cl][Al]([Cl])[Cl].[Cl][Al]([Cl])[Cl]. The van der Waals surface area contributed by atoms with Gasteiger partial charge in [0.25, 0.3) is 0 Å². The standard InChI is InChI=1S/2Al.6ClH.3H2O/h;;6*1H;3*1H2/q2*+3;;;;;;;;;/p-6. The van der Waals surface area contributed by atoms with Crippen molar-refractivity contribution in [3.05, 3.63) is 0 Å². The van der Waals surface area contributed by atoms with Crippen LogP contribution in [0, 0.1) is 0 Å². The van der Waals surface area contributed by atoms with Gasteiger partial charge >= 0.3 is 22.8 Å². The molecule has 0 aliphatic rings. The molecule has 0 aromatic carbocycles. The zero-order valence-electron chi connectivity index (χ0n) is 4.92. The topological polar surface area (TPSA) is 94.5 Å². The second kappa shape index (κ2) is 23.0. The molecule has 0 aromatic heterocycles. The summed E-state index contributed by atoms with van der Waals surface area (Å²) in [7, 11) is 29.7. The Labute approximate surface area is 98.4 Å². The second-order valence-corrected chi connectivity index (χ2v) is 13.4. The highest BCUT2D eigenvalue weighted by Gasteiger charge is 2.00. The van der Waals surface area contributed by atoms with E-state index in [2.05, 4.69) is 0 Å². The molecule has 0 rings (SSSR count). The lowest BCUT2D eigenvalue weighted by Gasteiger charge is -1.57. The zero-order valence-corrected chi connectivity index (χ0v) is 11.8. The average molecular weight is 321 g/mol. The molecule has 0 saturated heterocycles. The summed E-state index contributed by atoms with van der Waals surface area (Å²) >= 11 is -3.44. The van der Waals surface area contributed by atoms with Gasteiger partial charge in [-0.25, -0.2) is 60.3 Å². The zero-order chi connectivity index (χ0) is 7.15. The first-order valence-corrected chi connectivity index (χ1v) is 11.8. The molecule has 0 aliphatic heterocycles. The fourth-order valence-corrected chi connectivity index (χ4v) is 0. The van der Waals surface area contributed by atoms with Crippen molar-refractivity contribution in [2.45, 2.75) is 0 Å². The summed E-state index contributed by atoms with van der Waals surface area (Å²) in [6.45, 7) is 0. The van der Waals surface area contributed by atoms with Crippen molar-refractivity contribution in [2.24, 2.45) is 0 Å². The smallest absolute Gasteiger partial charge is 0.412 e. The van der Waals surface area contributed by atoms with Crippen molar-refractivity contribution in [1.82, 2.24) is 0 Å². The number of rotatable bonds is 0. The van der Waals surface area contributed by atoms with Crippen LogP contribution in [0.5, 0.6) is 0 Å². The van der Waals surface area contributed by atoms with E-state index >= 15 is 0 Å². The first kappa shape index (κ1) is 29.2. The molecule has 11 heteroatoms. The largest absolute Gasteiger partial charge is 0.643 e. The highest BCUT2D eigenvalue weighted by Crippen LogP contribution is 1.97. The van der Waals surface area contributed by atoms with E-state index in [0.717, 1.165) is 0 Å². The summed E-state index contributed by atoms with van der Waals surface area (Å²) in [4.78, 5) is 0. The van der Waals surface area contributed by atoms with E-state index < -0.39 is 22.8 Å². The third-order valence-corrected chi connectivity index (χ3v) is 0. The molecule has 0 radical (unpaired) electrons. The predicted octanol–water partition coefficient (Wildman–Crippen LogP) is 0.901. The van der Waals surface area contributed by atoms with E-state index in [1.165, 1.54) is 0 Å². The van der Waals surface area contributed by atoms with Crippen LogP contribution in [0.4, 0.5) is 0 Å². The van der Waals surface area contributed by atoms with Gasteiger partial charge in [-0.1, -0.05) is 0 Å². The predicted molar refractivity (Wildman–Crippen MR) is 57.5 cm³/mol. The van der Waals surface area contributed by atoms with Crippen LogP contribution < -0.4 is 0 Å². The van der Waals surface area contributed by atoms with Gasteiger partial charge in [0, 0.05) is 0 Å². The van der Waals surface area contributed by atoms with Gasteiger partial charge in [0.2, 0.25) is 0 Å². The van der Waals surface area contributed by atoms with Gasteiger partial charge in [-0.2, -0.15) is 0 Å². The van der Waals surface area contributed by atoms with Crippen LogP contribution in [-0.4, -0.2) is 39.2 Å².